The summed E-state index contributed by atoms with van der Waals surface area (Å²) in [5, 5.41) is 17.1. The van der Waals surface area contributed by atoms with E-state index in [1.165, 1.54) is 38.2 Å². The van der Waals surface area contributed by atoms with Crippen molar-refractivity contribution in [2.45, 2.75) is 67.3 Å². The topological polar surface area (TPSA) is 396 Å². The molecule has 9 aromatic heterocycles. The zero-order chi connectivity index (χ0) is 89.3. The summed E-state index contributed by atoms with van der Waals surface area (Å²) >= 11 is 0. The quantitative estimate of drug-likeness (QED) is 0.0413. The highest BCUT2D eigenvalue weighted by atomic mass is 16.5. The molecule has 0 saturated heterocycles. The monoisotopic (exact) mass is 1720 g/mol. The number of fused-ring (bicyclic) bond motifs is 8. The molecular weight excluding hydrogens is 1630 g/mol. The van der Waals surface area contributed by atoms with Crippen LogP contribution in [0.3, 0.4) is 0 Å². The van der Waals surface area contributed by atoms with Crippen molar-refractivity contribution in [3.63, 3.8) is 0 Å². The number of nitrogens with one attached hydrogen (secondary N) is 4. The molecule has 1 fully saturated rings. The molecule has 0 atom stereocenters. The van der Waals surface area contributed by atoms with E-state index in [2.05, 4.69) is 66.1 Å². The highest BCUT2D eigenvalue weighted by Gasteiger charge is 2.28. The van der Waals surface area contributed by atoms with Crippen LogP contribution in [0.1, 0.15) is 98.1 Å². The second kappa shape index (κ2) is 37.7. The third-order valence-corrected chi connectivity index (χ3v) is 20.4. The van der Waals surface area contributed by atoms with Gasteiger partial charge in [0.1, 0.15) is 99.5 Å². The predicted octanol–water partition coefficient (Wildman–Crippen LogP) is 18.7. The number of hydrogen-bond donors (Lipinski definition) is 4. The Labute approximate surface area is 725 Å². The molecule has 9 heterocycles. The molecule has 0 spiro atoms. The van der Waals surface area contributed by atoms with Crippen molar-refractivity contribution in [2.75, 3.05) is 75.3 Å². The number of ether oxygens (including phenoxy) is 12. The number of benzene rings is 8. The van der Waals surface area contributed by atoms with Crippen LogP contribution < -0.4 is 78.1 Å². The lowest BCUT2D eigenvalue weighted by atomic mass is 10.1. The number of furan rings is 4. The normalized spacial score (nSPS) is 11.6. The Morgan fingerprint density at radius 1 is 0.354 bits per heavy atom. The summed E-state index contributed by atoms with van der Waals surface area (Å²) < 4.78 is 90.4. The number of aromatic nitrogens is 9. The first kappa shape index (κ1) is 85.9. The van der Waals surface area contributed by atoms with E-state index in [9.17, 15) is 19.2 Å². The minimum Gasteiger partial charge on any atom is -0.493 e. The van der Waals surface area contributed by atoms with Gasteiger partial charge in [-0.2, -0.15) is 0 Å². The zero-order valence-electron chi connectivity index (χ0n) is 71.8. The molecule has 1 aliphatic carbocycles. The van der Waals surface area contributed by atoms with Crippen LogP contribution in [0, 0.1) is 33.6 Å². The smallest absolute Gasteiger partial charge is 0.260 e. The van der Waals surface area contributed by atoms with E-state index in [0.29, 0.717) is 234 Å². The Kier molecular flexibility index (Phi) is 25.5. The lowest BCUT2D eigenvalue weighted by molar-refractivity contribution is 0.0936. The Morgan fingerprint density at radius 3 is 0.937 bits per heavy atom. The predicted molar refractivity (Wildman–Crippen MR) is 473 cm³/mol. The molecular formula is C94H87N13O20. The van der Waals surface area contributed by atoms with Gasteiger partial charge in [0.15, 0.2) is 46.0 Å². The van der Waals surface area contributed by atoms with Crippen LogP contribution in [0.2, 0.25) is 0 Å². The Balaban J connectivity index is 0.000000131. The minimum absolute atomic E-state index is 0.0288. The van der Waals surface area contributed by atoms with Gasteiger partial charge in [0.05, 0.1) is 123 Å². The van der Waals surface area contributed by atoms with Gasteiger partial charge in [-0.1, -0.05) is 6.07 Å². The first-order valence-corrected chi connectivity index (χ1v) is 40.0. The maximum atomic E-state index is 12.9. The second-order valence-corrected chi connectivity index (χ2v) is 29.1. The van der Waals surface area contributed by atoms with Gasteiger partial charge in [0.25, 0.3) is 23.6 Å². The molecule has 0 bridgehead atoms. The fraction of sp³-hybridized carbons (Fsp3) is 0.223. The Morgan fingerprint density at radius 2 is 0.654 bits per heavy atom. The first-order valence-electron chi connectivity index (χ1n) is 40.0. The standard InChI is InChI=1S/C25H20N4O5.C24H23N3O5.C23H23N3O5.C22H21N3O5/c1-14-23(24(30)29-22-6-4-5-9-26-22)16-8-7-15(10-19(16)33-14)34-25-17-11-20(31-2)21(32-3)12-18(17)27-13-28-25;1-13-22(23(28)25-11-14-4-5-14)16-7-6-15(8-19(16)31-13)32-24-17-9-20(29-2)21(30-3)10-18(17)26-12-27-24;1-12(2)26-22(27)21-13(3)30-18-8-14(6-7-15(18)21)31-23-16-9-19(28-4)20(29-5)10-17(16)24-11-25-23;1-5-23-21(26)20-12(2)29-17-8-13(6-7-14(17)20)30-22-15-9-18(27-3)19(28-4)10-16(15)24-11-25-22/h4-13H,1-3H3,(H,26,29,30);6-10,12,14H,4-5,11H2,1-3H3,(H,25,28);6-12H,1-5H3,(H,26,27);6-11H,5H2,1-4H3,(H,23,26). The van der Waals surface area contributed by atoms with E-state index < -0.39 is 0 Å². The molecule has 8 aromatic carbocycles. The lowest BCUT2D eigenvalue weighted by Crippen LogP contribution is -2.30. The van der Waals surface area contributed by atoms with Crippen LogP contribution in [-0.2, 0) is 0 Å². The number of aryl methyl sites for hydroxylation is 4. The summed E-state index contributed by atoms with van der Waals surface area (Å²) in [6.07, 6.45) is 9.67. The Bertz CT molecular complexity index is 7030. The third kappa shape index (κ3) is 18.5. The molecule has 4 amide bonds. The highest BCUT2D eigenvalue weighted by Crippen LogP contribution is 2.44. The lowest BCUT2D eigenvalue weighted by Gasteiger charge is -2.11. The van der Waals surface area contributed by atoms with Crippen LogP contribution in [0.15, 0.2) is 189 Å². The molecule has 1 saturated carbocycles. The number of carbonyl (C=O) groups is 4. The van der Waals surface area contributed by atoms with Gasteiger partial charge in [-0.3, -0.25) is 19.2 Å². The van der Waals surface area contributed by atoms with E-state index in [0.717, 1.165) is 16.2 Å². The molecule has 0 aliphatic heterocycles. The molecule has 1 aliphatic rings. The molecule has 4 N–H and O–H groups in total. The number of amides is 4. The van der Waals surface area contributed by atoms with E-state index in [1.54, 1.807) is 218 Å². The minimum atomic E-state index is -0.300. The van der Waals surface area contributed by atoms with Crippen molar-refractivity contribution in [2.24, 2.45) is 5.92 Å². The number of nitrogens with zero attached hydrogens (tertiary/aromatic N) is 9. The largest absolute Gasteiger partial charge is 0.493 e. The van der Waals surface area contributed by atoms with E-state index >= 15 is 0 Å². The maximum Gasteiger partial charge on any atom is 0.260 e. The fourth-order valence-electron chi connectivity index (χ4n) is 14.2. The van der Waals surface area contributed by atoms with Crippen molar-refractivity contribution < 1.29 is 93.7 Å². The molecule has 33 nitrogen and oxygen atoms in total. The molecule has 18 rings (SSSR count). The van der Waals surface area contributed by atoms with E-state index in [4.69, 9.17) is 74.5 Å². The van der Waals surface area contributed by atoms with Gasteiger partial charge >= 0.3 is 0 Å². The molecule has 33 heteroatoms. The van der Waals surface area contributed by atoms with Crippen molar-refractivity contribution in [1.29, 1.82) is 0 Å². The first-order chi connectivity index (χ1) is 61.6. The van der Waals surface area contributed by atoms with Crippen LogP contribution >= 0.6 is 0 Å². The van der Waals surface area contributed by atoms with Crippen LogP contribution in [-0.4, -0.2) is 144 Å². The number of hydrogen-bond acceptors (Lipinski definition) is 29. The SMILES string of the molecule is CCNC(=O)c1c(C)oc2cc(Oc3ncnc4cc(OC)c(OC)cc34)ccc12.COc1cc2ncnc(Oc3ccc4c(C(=O)NC(C)C)c(C)oc4c3)c2cc1OC.COc1cc2ncnc(Oc3ccc4c(C(=O)NCC5CC5)c(C)oc4c3)c2cc1OC.COc1cc2ncnc(Oc3ccc4c(C(=O)Nc5ccccn5)c(C)oc4c3)c2cc1OC. The maximum absolute atomic E-state index is 12.9. The third-order valence-electron chi connectivity index (χ3n) is 20.4. The Hall–Kier alpha value is -16.1. The summed E-state index contributed by atoms with van der Waals surface area (Å²) in [5.41, 5.74) is 6.90. The molecule has 17 aromatic rings. The zero-order valence-corrected chi connectivity index (χ0v) is 71.8. The number of carbonyl (C=O) groups excluding carboxylic acids is 4. The molecule has 648 valence electrons. The number of methoxy groups -OCH3 is 8. The van der Waals surface area contributed by atoms with Gasteiger partial charge in [-0.05, 0) is 152 Å². The second-order valence-electron chi connectivity index (χ2n) is 29.1. The number of pyridine rings is 1. The summed E-state index contributed by atoms with van der Waals surface area (Å²) in [6, 6.07) is 40.7. The van der Waals surface area contributed by atoms with Gasteiger partial charge in [-0.25, -0.2) is 44.9 Å². The van der Waals surface area contributed by atoms with Crippen molar-refractivity contribution in [3.05, 3.63) is 216 Å². The number of rotatable bonds is 25. The van der Waals surface area contributed by atoms with Gasteiger partial charge in [0, 0.05) is 95.4 Å². The highest BCUT2D eigenvalue weighted by molar-refractivity contribution is 6.14. The molecule has 0 radical (unpaired) electrons. The van der Waals surface area contributed by atoms with E-state index in [1.807, 2.05) is 32.9 Å². The fourth-order valence-corrected chi connectivity index (χ4v) is 14.2. The molecule has 0 unspecified atom stereocenters. The average Bonchev–Trinajstić information content (AvgIpc) is 1.67. The van der Waals surface area contributed by atoms with Crippen LogP contribution in [0.5, 0.6) is 92.5 Å². The van der Waals surface area contributed by atoms with Crippen molar-refractivity contribution in [1.82, 2.24) is 60.8 Å². The van der Waals surface area contributed by atoms with Gasteiger partial charge in [-0.15, -0.1) is 0 Å². The summed E-state index contributed by atoms with van der Waals surface area (Å²) in [7, 11) is 12.5. The van der Waals surface area contributed by atoms with Crippen molar-refractivity contribution in [3.8, 4) is 92.5 Å². The van der Waals surface area contributed by atoms with Crippen LogP contribution in [0.4, 0.5) is 5.82 Å². The van der Waals surface area contributed by atoms with E-state index in [-0.39, 0.29) is 29.7 Å². The molecule has 127 heavy (non-hydrogen) atoms. The summed E-state index contributed by atoms with van der Waals surface area (Å²) in [6.45, 7) is 14.0. The van der Waals surface area contributed by atoms with Crippen LogP contribution in [0.25, 0.3) is 87.5 Å². The number of anilines is 1. The van der Waals surface area contributed by atoms with Gasteiger partial charge < -0.3 is 95.8 Å². The summed E-state index contributed by atoms with van der Waals surface area (Å²) in [5.74, 6) is 10.5. The summed E-state index contributed by atoms with van der Waals surface area (Å²) in [4.78, 5) is 88.8. The van der Waals surface area contributed by atoms with Crippen molar-refractivity contribution >= 4 is 117 Å². The van der Waals surface area contributed by atoms with Gasteiger partial charge in [0.2, 0.25) is 23.5 Å². The average molecular weight is 1720 g/mol.